The summed E-state index contributed by atoms with van der Waals surface area (Å²) in [6.07, 6.45) is 9.97. The molecule has 0 spiro atoms. The zero-order valence-corrected chi connectivity index (χ0v) is 11.1. The van der Waals surface area contributed by atoms with E-state index in [1.807, 2.05) is 12.1 Å². The normalized spacial score (nSPS) is 20.0. The Hall–Kier alpha value is -2.95. The van der Waals surface area contributed by atoms with E-state index in [0.717, 1.165) is 0 Å². The maximum absolute atomic E-state index is 11.9. The molecule has 0 saturated carbocycles. The number of nitrogens with one attached hydrogen (secondary N) is 1. The average molecular weight is 279 g/mol. The van der Waals surface area contributed by atoms with Crippen LogP contribution in [0.1, 0.15) is 5.56 Å². The third-order valence-electron chi connectivity index (χ3n) is 3.34. The summed E-state index contributed by atoms with van der Waals surface area (Å²) < 4.78 is 0. The van der Waals surface area contributed by atoms with Gasteiger partial charge in [0.2, 0.25) is 0 Å². The number of aromatic nitrogens is 2. The van der Waals surface area contributed by atoms with Gasteiger partial charge < -0.3 is 10.4 Å². The molecule has 1 aliphatic heterocycles. The highest BCUT2D eigenvalue weighted by Crippen LogP contribution is 2.32. The van der Waals surface area contributed by atoms with E-state index >= 15 is 0 Å². The molecule has 104 valence electrons. The van der Waals surface area contributed by atoms with Gasteiger partial charge in [0.05, 0.1) is 11.4 Å². The summed E-state index contributed by atoms with van der Waals surface area (Å²) in [6, 6.07) is 8.94. The van der Waals surface area contributed by atoms with Crippen molar-refractivity contribution < 1.29 is 9.90 Å². The van der Waals surface area contributed by atoms with Gasteiger partial charge >= 0.3 is 5.97 Å². The molecule has 3 heterocycles. The van der Waals surface area contributed by atoms with E-state index in [0.29, 0.717) is 17.0 Å². The molecule has 2 aromatic heterocycles. The van der Waals surface area contributed by atoms with Gasteiger partial charge in [-0.25, -0.2) is 4.79 Å². The lowest BCUT2D eigenvalue weighted by molar-refractivity contribution is -0.142. The molecule has 0 saturated heterocycles. The quantitative estimate of drug-likeness (QED) is 0.900. The number of aliphatic carboxylic acids is 1. The number of allylic oxidation sites excluding steroid dienone is 2. The molecule has 0 aromatic carbocycles. The largest absolute Gasteiger partial charge is 0.479 e. The van der Waals surface area contributed by atoms with Crippen molar-refractivity contribution in [3.63, 3.8) is 0 Å². The van der Waals surface area contributed by atoms with Crippen LogP contribution in [0.5, 0.6) is 0 Å². The summed E-state index contributed by atoms with van der Waals surface area (Å²) in [5.74, 6) is -0.992. The van der Waals surface area contributed by atoms with E-state index in [1.54, 1.807) is 55.0 Å². The summed E-state index contributed by atoms with van der Waals surface area (Å²) in [5.41, 5.74) is 0.402. The van der Waals surface area contributed by atoms with Crippen molar-refractivity contribution in [1.29, 1.82) is 0 Å². The first kappa shape index (κ1) is 13.1. The minimum absolute atomic E-state index is 0.549. The third kappa shape index (κ3) is 2.18. The van der Waals surface area contributed by atoms with E-state index in [-0.39, 0.29) is 0 Å². The van der Waals surface area contributed by atoms with Crippen LogP contribution in [0.4, 0.5) is 0 Å². The van der Waals surface area contributed by atoms with Crippen LogP contribution in [0.3, 0.4) is 0 Å². The van der Waals surface area contributed by atoms with Gasteiger partial charge in [-0.1, -0.05) is 18.2 Å². The monoisotopic (exact) mass is 279 g/mol. The molecule has 2 N–H and O–H groups in total. The lowest BCUT2D eigenvalue weighted by atomic mass is 9.86. The number of pyridine rings is 2. The van der Waals surface area contributed by atoms with Crippen molar-refractivity contribution in [2.45, 2.75) is 5.54 Å². The summed E-state index contributed by atoms with van der Waals surface area (Å²) in [4.78, 5) is 20.5. The van der Waals surface area contributed by atoms with Gasteiger partial charge in [-0.05, 0) is 36.6 Å². The summed E-state index contributed by atoms with van der Waals surface area (Å²) in [5, 5.41) is 12.6. The smallest absolute Gasteiger partial charge is 0.338 e. The summed E-state index contributed by atoms with van der Waals surface area (Å²) >= 11 is 0. The molecule has 1 aliphatic rings. The van der Waals surface area contributed by atoms with Crippen LogP contribution in [0, 0.1) is 0 Å². The highest BCUT2D eigenvalue weighted by molar-refractivity contribution is 5.86. The van der Waals surface area contributed by atoms with Gasteiger partial charge in [0, 0.05) is 18.0 Å². The molecule has 3 rings (SSSR count). The standard InChI is InChI=1S/C16H13N3O2/c20-15(21)16(8-2-4-11-19-16)12-6-5-10-18-14(12)13-7-1-3-9-17-13/h1-11,19H,(H,20,21). The lowest BCUT2D eigenvalue weighted by Crippen LogP contribution is -2.46. The van der Waals surface area contributed by atoms with Crippen molar-refractivity contribution >= 4 is 5.97 Å². The first-order chi connectivity index (χ1) is 10.2. The number of rotatable bonds is 3. The number of hydrogen-bond donors (Lipinski definition) is 2. The van der Waals surface area contributed by atoms with Gasteiger partial charge in [0.15, 0.2) is 5.54 Å². The average Bonchev–Trinajstić information content (AvgIpc) is 2.56. The van der Waals surface area contributed by atoms with Crippen molar-refractivity contribution in [1.82, 2.24) is 15.3 Å². The van der Waals surface area contributed by atoms with Crippen molar-refractivity contribution in [3.05, 3.63) is 72.7 Å². The number of carbonyl (C=O) groups is 1. The van der Waals surface area contributed by atoms with Gasteiger partial charge in [-0.15, -0.1) is 0 Å². The van der Waals surface area contributed by atoms with Gasteiger partial charge in [-0.2, -0.15) is 0 Å². The van der Waals surface area contributed by atoms with Crippen LogP contribution < -0.4 is 5.32 Å². The van der Waals surface area contributed by atoms with E-state index < -0.39 is 11.5 Å². The minimum atomic E-state index is -1.34. The number of nitrogens with zero attached hydrogens (tertiary/aromatic N) is 2. The molecule has 0 bridgehead atoms. The van der Waals surface area contributed by atoms with Crippen molar-refractivity contribution in [2.75, 3.05) is 0 Å². The zero-order valence-electron chi connectivity index (χ0n) is 11.1. The van der Waals surface area contributed by atoms with Crippen LogP contribution in [0.25, 0.3) is 11.4 Å². The van der Waals surface area contributed by atoms with Crippen molar-refractivity contribution in [2.24, 2.45) is 0 Å². The summed E-state index contributed by atoms with van der Waals surface area (Å²) in [7, 11) is 0. The molecular formula is C16H13N3O2. The number of carboxylic acids is 1. The lowest BCUT2D eigenvalue weighted by Gasteiger charge is -2.30. The Balaban J connectivity index is 2.21. The maximum Gasteiger partial charge on any atom is 0.338 e. The molecule has 5 heteroatoms. The van der Waals surface area contributed by atoms with Gasteiger partial charge in [-0.3, -0.25) is 9.97 Å². The van der Waals surface area contributed by atoms with Crippen LogP contribution in [0.15, 0.2) is 67.2 Å². The Morgan fingerprint density at radius 2 is 1.95 bits per heavy atom. The fraction of sp³-hybridized carbons (Fsp3) is 0.0625. The van der Waals surface area contributed by atoms with E-state index in [1.165, 1.54) is 0 Å². The predicted molar refractivity (Wildman–Crippen MR) is 78.2 cm³/mol. The SMILES string of the molecule is O=C(O)C1(c2cccnc2-c2ccccn2)C=CC=CN1. The van der Waals surface area contributed by atoms with Crippen LogP contribution in [-0.2, 0) is 10.3 Å². The zero-order chi connectivity index (χ0) is 14.7. The molecule has 0 radical (unpaired) electrons. The Morgan fingerprint density at radius 3 is 2.62 bits per heavy atom. The molecule has 0 amide bonds. The topological polar surface area (TPSA) is 75.1 Å². The van der Waals surface area contributed by atoms with Crippen LogP contribution in [0.2, 0.25) is 0 Å². The highest BCUT2D eigenvalue weighted by Gasteiger charge is 2.40. The fourth-order valence-electron chi connectivity index (χ4n) is 2.33. The Labute approximate surface area is 121 Å². The Morgan fingerprint density at radius 1 is 1.10 bits per heavy atom. The third-order valence-corrected chi connectivity index (χ3v) is 3.34. The Kier molecular flexibility index (Phi) is 3.23. The Bertz CT molecular complexity index is 725. The molecular weight excluding hydrogens is 266 g/mol. The molecule has 1 atom stereocenters. The summed E-state index contributed by atoms with van der Waals surface area (Å²) in [6.45, 7) is 0. The number of dihydropyridines is 1. The number of hydrogen-bond acceptors (Lipinski definition) is 4. The highest BCUT2D eigenvalue weighted by atomic mass is 16.4. The molecule has 0 fully saturated rings. The first-order valence-electron chi connectivity index (χ1n) is 6.46. The second-order valence-electron chi connectivity index (χ2n) is 4.59. The van der Waals surface area contributed by atoms with Crippen LogP contribution in [-0.4, -0.2) is 21.0 Å². The van der Waals surface area contributed by atoms with E-state index in [2.05, 4.69) is 15.3 Å². The second kappa shape index (κ2) is 5.20. The molecule has 0 aliphatic carbocycles. The van der Waals surface area contributed by atoms with Crippen molar-refractivity contribution in [3.8, 4) is 11.4 Å². The predicted octanol–water partition coefficient (Wildman–Crippen LogP) is 2.10. The number of carboxylic acid groups (broad SMARTS) is 1. The van der Waals surface area contributed by atoms with E-state index in [4.69, 9.17) is 0 Å². The second-order valence-corrected chi connectivity index (χ2v) is 4.59. The van der Waals surface area contributed by atoms with E-state index in [9.17, 15) is 9.90 Å². The van der Waals surface area contributed by atoms with Gasteiger partial charge in [0.1, 0.15) is 0 Å². The molecule has 5 nitrogen and oxygen atoms in total. The fourth-order valence-corrected chi connectivity index (χ4v) is 2.33. The molecule has 1 unspecified atom stereocenters. The van der Waals surface area contributed by atoms with Crippen LogP contribution >= 0.6 is 0 Å². The molecule has 21 heavy (non-hydrogen) atoms. The molecule has 2 aromatic rings. The maximum atomic E-state index is 11.9. The van der Waals surface area contributed by atoms with Gasteiger partial charge in [0.25, 0.3) is 0 Å². The minimum Gasteiger partial charge on any atom is -0.479 e. The first-order valence-corrected chi connectivity index (χ1v) is 6.46.